The van der Waals surface area contributed by atoms with Gasteiger partial charge in [0.1, 0.15) is 11.5 Å². The molecule has 138 valence electrons. The van der Waals surface area contributed by atoms with Crippen molar-refractivity contribution in [1.29, 1.82) is 0 Å². The van der Waals surface area contributed by atoms with E-state index in [9.17, 15) is 4.79 Å². The Morgan fingerprint density at radius 2 is 1.85 bits per heavy atom. The number of rotatable bonds is 8. The molecule has 1 aliphatic carbocycles. The number of hydrogen-bond acceptors (Lipinski definition) is 3. The summed E-state index contributed by atoms with van der Waals surface area (Å²) < 4.78 is 10.8. The van der Waals surface area contributed by atoms with Crippen molar-refractivity contribution in [1.82, 2.24) is 4.90 Å². The summed E-state index contributed by atoms with van der Waals surface area (Å²) in [4.78, 5) is 15.0. The van der Waals surface area contributed by atoms with Crippen LogP contribution >= 0.6 is 0 Å². The Hall–Kier alpha value is -2.49. The molecule has 3 rings (SSSR count). The third kappa shape index (κ3) is 4.37. The minimum atomic E-state index is 0.203. The third-order valence-corrected chi connectivity index (χ3v) is 4.99. The second kappa shape index (κ2) is 8.26. The lowest BCUT2D eigenvalue weighted by molar-refractivity contribution is -0.132. The maximum Gasteiger partial charge on any atom is 0.223 e. The molecule has 4 heteroatoms. The number of methoxy groups -OCH3 is 2. The maximum atomic E-state index is 13.0. The molecular weight excluding hydrogens is 326 g/mol. The Kier molecular flexibility index (Phi) is 5.82. The molecule has 0 heterocycles. The molecule has 1 saturated carbocycles. The first-order valence-corrected chi connectivity index (χ1v) is 9.17. The quantitative estimate of drug-likeness (QED) is 0.706. The maximum absolute atomic E-state index is 13.0. The summed E-state index contributed by atoms with van der Waals surface area (Å²) in [7, 11) is 3.31. The normalized spacial score (nSPS) is 14.6. The van der Waals surface area contributed by atoms with E-state index in [1.807, 2.05) is 41.3 Å². The van der Waals surface area contributed by atoms with Crippen LogP contribution in [0.15, 0.2) is 48.5 Å². The monoisotopic (exact) mass is 353 g/mol. The molecule has 2 aromatic carbocycles. The van der Waals surface area contributed by atoms with Crippen molar-refractivity contribution in [3.8, 4) is 11.5 Å². The fourth-order valence-corrected chi connectivity index (χ4v) is 3.27. The van der Waals surface area contributed by atoms with Gasteiger partial charge in [-0.15, -0.1) is 0 Å². The molecule has 1 amide bonds. The fraction of sp³-hybridized carbons (Fsp3) is 0.409. The van der Waals surface area contributed by atoms with Crippen LogP contribution < -0.4 is 9.47 Å². The Bertz CT molecular complexity index is 740. The lowest BCUT2D eigenvalue weighted by Crippen LogP contribution is -2.33. The molecule has 1 atom stereocenters. The molecule has 0 saturated heterocycles. The lowest BCUT2D eigenvalue weighted by Gasteiger charge is -2.25. The van der Waals surface area contributed by atoms with Gasteiger partial charge in [0.2, 0.25) is 5.91 Å². The summed E-state index contributed by atoms with van der Waals surface area (Å²) in [5.41, 5.74) is 2.19. The second-order valence-electron chi connectivity index (χ2n) is 6.95. The Labute approximate surface area is 155 Å². The molecule has 0 spiro atoms. The summed E-state index contributed by atoms with van der Waals surface area (Å²) in [5.74, 6) is 1.98. The Balaban J connectivity index is 1.74. The van der Waals surface area contributed by atoms with Crippen LogP contribution in [0.4, 0.5) is 0 Å². The SMILES string of the molecule is COc1ccc(OC)c(CN(C(=O)CC(C)c2ccccc2)C2CC2)c1. The number of carbonyl (C=O) groups is 1. The molecule has 26 heavy (non-hydrogen) atoms. The molecule has 0 aliphatic heterocycles. The van der Waals surface area contributed by atoms with Crippen LogP contribution in [0.2, 0.25) is 0 Å². The summed E-state index contributed by atoms with van der Waals surface area (Å²) in [6, 6.07) is 16.3. The van der Waals surface area contributed by atoms with Crippen LogP contribution in [0.3, 0.4) is 0 Å². The van der Waals surface area contributed by atoms with Crippen molar-refractivity contribution in [2.24, 2.45) is 0 Å². The minimum absolute atomic E-state index is 0.203. The lowest BCUT2D eigenvalue weighted by atomic mass is 9.97. The van der Waals surface area contributed by atoms with Crippen LogP contribution in [0, 0.1) is 0 Å². The number of ether oxygens (including phenoxy) is 2. The molecule has 0 radical (unpaired) electrons. The van der Waals surface area contributed by atoms with Crippen molar-refractivity contribution >= 4 is 5.91 Å². The minimum Gasteiger partial charge on any atom is -0.497 e. The van der Waals surface area contributed by atoms with Crippen LogP contribution in [0.25, 0.3) is 0 Å². The van der Waals surface area contributed by atoms with Crippen molar-refractivity contribution in [2.45, 2.75) is 44.7 Å². The zero-order chi connectivity index (χ0) is 18.5. The van der Waals surface area contributed by atoms with Gasteiger partial charge < -0.3 is 14.4 Å². The van der Waals surface area contributed by atoms with Gasteiger partial charge in [0.25, 0.3) is 0 Å². The molecule has 0 N–H and O–H groups in total. The topological polar surface area (TPSA) is 38.8 Å². The van der Waals surface area contributed by atoms with E-state index in [0.717, 1.165) is 29.9 Å². The van der Waals surface area contributed by atoms with E-state index in [4.69, 9.17) is 9.47 Å². The Morgan fingerprint density at radius 1 is 1.12 bits per heavy atom. The Morgan fingerprint density at radius 3 is 2.46 bits per heavy atom. The number of carbonyl (C=O) groups excluding carboxylic acids is 1. The smallest absolute Gasteiger partial charge is 0.223 e. The first-order chi connectivity index (χ1) is 12.6. The zero-order valence-electron chi connectivity index (χ0n) is 15.8. The molecule has 1 fully saturated rings. The van der Waals surface area contributed by atoms with Crippen LogP contribution in [-0.4, -0.2) is 31.1 Å². The predicted octanol–water partition coefficient (Wildman–Crippen LogP) is 4.39. The average molecular weight is 353 g/mol. The number of amides is 1. The molecular formula is C22H27NO3. The highest BCUT2D eigenvalue weighted by molar-refractivity contribution is 5.78. The van der Waals surface area contributed by atoms with E-state index < -0.39 is 0 Å². The number of benzene rings is 2. The average Bonchev–Trinajstić information content (AvgIpc) is 3.51. The van der Waals surface area contributed by atoms with Crippen LogP contribution in [-0.2, 0) is 11.3 Å². The van der Waals surface area contributed by atoms with Crippen molar-refractivity contribution < 1.29 is 14.3 Å². The summed E-state index contributed by atoms with van der Waals surface area (Å²) >= 11 is 0. The molecule has 4 nitrogen and oxygen atoms in total. The van der Waals surface area contributed by atoms with Crippen molar-refractivity contribution in [2.75, 3.05) is 14.2 Å². The van der Waals surface area contributed by atoms with E-state index in [0.29, 0.717) is 19.0 Å². The van der Waals surface area contributed by atoms with Crippen LogP contribution in [0.5, 0.6) is 11.5 Å². The van der Waals surface area contributed by atoms with Gasteiger partial charge in [-0.3, -0.25) is 4.79 Å². The van der Waals surface area contributed by atoms with Gasteiger partial charge in [-0.25, -0.2) is 0 Å². The third-order valence-electron chi connectivity index (χ3n) is 4.99. The fourth-order valence-electron chi connectivity index (χ4n) is 3.27. The van der Waals surface area contributed by atoms with E-state index in [1.165, 1.54) is 5.56 Å². The predicted molar refractivity (Wildman–Crippen MR) is 103 cm³/mol. The first kappa shape index (κ1) is 18.3. The van der Waals surface area contributed by atoms with E-state index in [2.05, 4.69) is 19.1 Å². The van der Waals surface area contributed by atoms with E-state index >= 15 is 0 Å². The van der Waals surface area contributed by atoms with Gasteiger partial charge in [0.15, 0.2) is 0 Å². The highest BCUT2D eigenvalue weighted by Gasteiger charge is 2.33. The number of hydrogen-bond donors (Lipinski definition) is 0. The zero-order valence-corrected chi connectivity index (χ0v) is 15.8. The highest BCUT2D eigenvalue weighted by Crippen LogP contribution is 2.33. The summed E-state index contributed by atoms with van der Waals surface area (Å²) in [5, 5.41) is 0. The second-order valence-corrected chi connectivity index (χ2v) is 6.95. The molecule has 1 unspecified atom stereocenters. The summed E-state index contributed by atoms with van der Waals surface area (Å²) in [6.45, 7) is 2.68. The van der Waals surface area contributed by atoms with Gasteiger partial charge in [0.05, 0.1) is 14.2 Å². The standard InChI is InChI=1S/C22H27NO3/c1-16(17-7-5-4-6-8-17)13-22(24)23(19-9-10-19)15-18-14-20(25-2)11-12-21(18)26-3/h4-8,11-12,14,16,19H,9-10,13,15H2,1-3H3. The van der Waals surface area contributed by atoms with Gasteiger partial charge >= 0.3 is 0 Å². The van der Waals surface area contributed by atoms with Gasteiger partial charge in [0, 0.05) is 24.6 Å². The molecule has 0 bridgehead atoms. The van der Waals surface area contributed by atoms with Crippen molar-refractivity contribution in [3.63, 3.8) is 0 Å². The number of nitrogens with zero attached hydrogens (tertiary/aromatic N) is 1. The van der Waals surface area contributed by atoms with Crippen LogP contribution in [0.1, 0.15) is 43.2 Å². The largest absolute Gasteiger partial charge is 0.497 e. The molecule has 1 aliphatic rings. The van der Waals surface area contributed by atoms with Gasteiger partial charge in [-0.1, -0.05) is 37.3 Å². The summed E-state index contributed by atoms with van der Waals surface area (Å²) in [6.07, 6.45) is 2.68. The molecule has 0 aromatic heterocycles. The van der Waals surface area contributed by atoms with Gasteiger partial charge in [-0.05, 0) is 42.5 Å². The highest BCUT2D eigenvalue weighted by atomic mass is 16.5. The van der Waals surface area contributed by atoms with E-state index in [1.54, 1.807) is 14.2 Å². The van der Waals surface area contributed by atoms with Gasteiger partial charge in [-0.2, -0.15) is 0 Å². The molecule has 2 aromatic rings. The first-order valence-electron chi connectivity index (χ1n) is 9.17. The van der Waals surface area contributed by atoms with E-state index in [-0.39, 0.29) is 11.8 Å². The van der Waals surface area contributed by atoms with Crippen molar-refractivity contribution in [3.05, 3.63) is 59.7 Å².